The van der Waals surface area contributed by atoms with Crippen LogP contribution >= 0.6 is 11.7 Å². The van der Waals surface area contributed by atoms with Crippen LogP contribution in [0.5, 0.6) is 5.88 Å². The highest BCUT2D eigenvalue weighted by Gasteiger charge is 2.12. The molecule has 2 rings (SSSR count). The van der Waals surface area contributed by atoms with Crippen LogP contribution in [-0.2, 0) is 0 Å². The van der Waals surface area contributed by atoms with Crippen LogP contribution in [0.4, 0.5) is 0 Å². The van der Waals surface area contributed by atoms with Gasteiger partial charge in [-0.05, 0) is 19.0 Å². The third-order valence-electron chi connectivity index (χ3n) is 2.10. The van der Waals surface area contributed by atoms with Crippen molar-refractivity contribution in [3.05, 3.63) is 11.8 Å². The highest BCUT2D eigenvalue weighted by molar-refractivity contribution is 6.99. The molecule has 0 spiro atoms. The molecule has 0 aromatic carbocycles. The first-order chi connectivity index (χ1) is 6.27. The predicted molar refractivity (Wildman–Crippen MR) is 49.4 cm³/mol. The highest BCUT2D eigenvalue weighted by atomic mass is 32.1. The van der Waals surface area contributed by atoms with Crippen LogP contribution < -0.4 is 5.11 Å². The quantitative estimate of drug-likeness (QED) is 0.649. The molecule has 1 aliphatic rings. The average molecular weight is 196 g/mol. The lowest BCUT2D eigenvalue weighted by atomic mass is 10.1. The largest absolute Gasteiger partial charge is 0.856 e. The van der Waals surface area contributed by atoms with Crippen LogP contribution in [0, 0.1) is 0 Å². The second-order valence-electron chi connectivity index (χ2n) is 3.17. The van der Waals surface area contributed by atoms with Gasteiger partial charge in [0.1, 0.15) is 0 Å². The number of aromatic nitrogens is 2. The van der Waals surface area contributed by atoms with Crippen molar-refractivity contribution in [3.63, 3.8) is 0 Å². The average Bonchev–Trinajstić information content (AvgIpc) is 2.51. The fourth-order valence-electron chi connectivity index (χ4n) is 1.44. The molecule has 0 bridgehead atoms. The molecule has 2 heterocycles. The molecule has 1 aromatic rings. The second-order valence-corrected chi connectivity index (χ2v) is 3.70. The summed E-state index contributed by atoms with van der Waals surface area (Å²) in [6, 6.07) is 0. The van der Waals surface area contributed by atoms with Gasteiger partial charge < -0.3 is 10.0 Å². The second kappa shape index (κ2) is 3.43. The van der Waals surface area contributed by atoms with Crippen molar-refractivity contribution in [2.75, 3.05) is 20.1 Å². The Morgan fingerprint density at radius 2 is 2.38 bits per heavy atom. The first-order valence-electron chi connectivity index (χ1n) is 4.15. The fourth-order valence-corrected chi connectivity index (χ4v) is 1.92. The Labute approximate surface area is 80.8 Å². The van der Waals surface area contributed by atoms with E-state index in [1.54, 1.807) is 0 Å². The van der Waals surface area contributed by atoms with Gasteiger partial charge in [0, 0.05) is 19.0 Å². The van der Waals surface area contributed by atoms with Crippen molar-refractivity contribution in [1.29, 1.82) is 0 Å². The number of hydrogen-bond donors (Lipinski definition) is 0. The molecule has 0 saturated heterocycles. The van der Waals surface area contributed by atoms with Crippen LogP contribution in [0.2, 0.25) is 0 Å². The monoisotopic (exact) mass is 196 g/mol. The smallest absolute Gasteiger partial charge is 0.0936 e. The zero-order valence-electron chi connectivity index (χ0n) is 7.36. The maximum Gasteiger partial charge on any atom is 0.0936 e. The number of likely N-dealkylation sites (N-methyl/N-ethyl adjacent to an activating group) is 1. The lowest BCUT2D eigenvalue weighted by Gasteiger charge is -2.22. The molecular weight excluding hydrogens is 186 g/mol. The summed E-state index contributed by atoms with van der Waals surface area (Å²) in [7, 11) is 2.04. The van der Waals surface area contributed by atoms with E-state index in [1.807, 2.05) is 7.05 Å². The van der Waals surface area contributed by atoms with Gasteiger partial charge >= 0.3 is 0 Å². The molecular formula is C8H10N3OS-. The van der Waals surface area contributed by atoms with Gasteiger partial charge in [-0.3, -0.25) is 0 Å². The lowest BCUT2D eigenvalue weighted by molar-refractivity contribution is -0.274. The molecule has 0 amide bonds. The molecule has 1 aliphatic heterocycles. The SMILES string of the molecule is CN1CCC=C(c2nsnc2[O-])C1. The minimum Gasteiger partial charge on any atom is -0.856 e. The van der Waals surface area contributed by atoms with Crippen molar-refractivity contribution in [2.45, 2.75) is 6.42 Å². The number of rotatable bonds is 1. The van der Waals surface area contributed by atoms with Gasteiger partial charge in [-0.2, -0.15) is 8.75 Å². The third-order valence-corrected chi connectivity index (χ3v) is 2.62. The van der Waals surface area contributed by atoms with Gasteiger partial charge in [-0.15, -0.1) is 0 Å². The van der Waals surface area contributed by atoms with E-state index in [0.29, 0.717) is 5.69 Å². The number of hydrogen-bond acceptors (Lipinski definition) is 5. The molecule has 4 nitrogen and oxygen atoms in total. The van der Waals surface area contributed by atoms with Crippen molar-refractivity contribution in [2.24, 2.45) is 0 Å². The summed E-state index contributed by atoms with van der Waals surface area (Å²) in [6.07, 6.45) is 3.07. The summed E-state index contributed by atoms with van der Waals surface area (Å²) >= 11 is 0.989. The van der Waals surface area contributed by atoms with Crippen molar-refractivity contribution in [3.8, 4) is 5.88 Å². The summed E-state index contributed by atoms with van der Waals surface area (Å²) < 4.78 is 7.63. The fraction of sp³-hybridized carbons (Fsp3) is 0.500. The molecule has 0 radical (unpaired) electrons. The van der Waals surface area contributed by atoms with E-state index in [4.69, 9.17) is 0 Å². The Kier molecular flexibility index (Phi) is 2.28. The van der Waals surface area contributed by atoms with Crippen LogP contribution in [-0.4, -0.2) is 33.8 Å². The molecule has 0 aliphatic carbocycles. The standard InChI is InChI=1S/C8H11N3OS/c1-11-4-2-3-6(5-11)7-8(12)10-13-9-7/h3H,2,4-5H2,1H3,(H,10,12)/p-1. The van der Waals surface area contributed by atoms with Crippen LogP contribution in [0.1, 0.15) is 12.1 Å². The molecule has 13 heavy (non-hydrogen) atoms. The van der Waals surface area contributed by atoms with Gasteiger partial charge in [-0.1, -0.05) is 6.08 Å². The van der Waals surface area contributed by atoms with Gasteiger partial charge in [0.05, 0.1) is 17.4 Å². The van der Waals surface area contributed by atoms with Gasteiger partial charge in [0.2, 0.25) is 0 Å². The van der Waals surface area contributed by atoms with Crippen molar-refractivity contribution in [1.82, 2.24) is 13.6 Å². The van der Waals surface area contributed by atoms with Crippen LogP contribution in [0.3, 0.4) is 0 Å². The van der Waals surface area contributed by atoms with Gasteiger partial charge in [-0.25, -0.2) is 0 Å². The Bertz CT molecular complexity index is 334. The van der Waals surface area contributed by atoms with E-state index < -0.39 is 0 Å². The Morgan fingerprint density at radius 3 is 3.00 bits per heavy atom. The molecule has 0 atom stereocenters. The molecule has 1 aromatic heterocycles. The van der Waals surface area contributed by atoms with E-state index in [2.05, 4.69) is 19.7 Å². The van der Waals surface area contributed by atoms with E-state index in [0.717, 1.165) is 36.8 Å². The summed E-state index contributed by atoms with van der Waals surface area (Å²) in [5, 5.41) is 11.2. The molecule has 70 valence electrons. The zero-order chi connectivity index (χ0) is 9.26. The van der Waals surface area contributed by atoms with E-state index in [1.165, 1.54) is 0 Å². The molecule has 0 unspecified atom stereocenters. The normalized spacial score (nSPS) is 18.7. The van der Waals surface area contributed by atoms with Crippen LogP contribution in [0.25, 0.3) is 5.57 Å². The van der Waals surface area contributed by atoms with Gasteiger partial charge in [0.15, 0.2) is 0 Å². The minimum absolute atomic E-state index is 0.188. The van der Waals surface area contributed by atoms with E-state index >= 15 is 0 Å². The summed E-state index contributed by atoms with van der Waals surface area (Å²) in [5.74, 6) is -0.188. The molecule has 0 saturated carbocycles. The number of nitrogens with zero attached hydrogens (tertiary/aromatic N) is 3. The first-order valence-corrected chi connectivity index (χ1v) is 4.88. The van der Waals surface area contributed by atoms with Crippen molar-refractivity contribution >= 4 is 17.3 Å². The highest BCUT2D eigenvalue weighted by Crippen LogP contribution is 2.23. The maximum absolute atomic E-state index is 11.2. The molecule has 5 heteroatoms. The summed E-state index contributed by atoms with van der Waals surface area (Å²) in [5.41, 5.74) is 1.56. The van der Waals surface area contributed by atoms with E-state index in [9.17, 15) is 5.11 Å². The Hall–Kier alpha value is -0.940. The first kappa shape index (κ1) is 8.65. The maximum atomic E-state index is 11.2. The third kappa shape index (κ3) is 1.71. The van der Waals surface area contributed by atoms with Crippen LogP contribution in [0.15, 0.2) is 6.08 Å². The summed E-state index contributed by atoms with van der Waals surface area (Å²) in [6.45, 7) is 1.86. The Morgan fingerprint density at radius 1 is 1.54 bits per heavy atom. The lowest BCUT2D eigenvalue weighted by Crippen LogP contribution is -2.25. The molecule has 0 fully saturated rings. The topological polar surface area (TPSA) is 52.1 Å². The van der Waals surface area contributed by atoms with Crippen molar-refractivity contribution < 1.29 is 5.11 Å². The summed E-state index contributed by atoms with van der Waals surface area (Å²) in [4.78, 5) is 2.17. The van der Waals surface area contributed by atoms with E-state index in [-0.39, 0.29) is 5.88 Å². The molecule has 0 N–H and O–H groups in total. The predicted octanol–water partition coefficient (Wildman–Crippen LogP) is 0.331. The minimum atomic E-state index is -0.188. The Balaban J connectivity index is 2.26. The van der Waals surface area contributed by atoms with Gasteiger partial charge in [0.25, 0.3) is 0 Å². The zero-order valence-corrected chi connectivity index (χ0v) is 8.17.